The normalized spacial score (nSPS) is 13.8. The van der Waals surface area contributed by atoms with Gasteiger partial charge in [0.15, 0.2) is 11.2 Å². The highest BCUT2D eigenvalue weighted by Crippen LogP contribution is 2.28. The highest BCUT2D eigenvalue weighted by atomic mass is 35.5. The molecule has 4 rings (SSSR count). The molecule has 1 aliphatic rings. The van der Waals surface area contributed by atoms with Crippen LogP contribution in [0, 0.1) is 5.82 Å². The summed E-state index contributed by atoms with van der Waals surface area (Å²) < 4.78 is 18.3. The minimum atomic E-state index is -0.468. The molecule has 1 aliphatic heterocycles. The third kappa shape index (κ3) is 2.57. The second kappa shape index (κ2) is 6.05. The van der Waals surface area contributed by atoms with Gasteiger partial charge in [0.05, 0.1) is 18.8 Å². The minimum absolute atomic E-state index is 0.0421. The molecule has 3 heterocycles. The molecule has 0 saturated carbocycles. The topological polar surface area (TPSA) is 77.4 Å². The monoisotopic (exact) mass is 390 g/mol. The molecule has 0 radical (unpaired) electrons. The fraction of sp³-hybridized carbons (Fsp3) is 0.294. The summed E-state index contributed by atoms with van der Waals surface area (Å²) in [4.78, 5) is 29.3. The summed E-state index contributed by atoms with van der Waals surface area (Å²) in [6, 6.07) is 4.45. The van der Waals surface area contributed by atoms with Crippen molar-refractivity contribution in [1.29, 1.82) is 0 Å². The van der Waals surface area contributed by atoms with Crippen molar-refractivity contribution in [3.8, 4) is 0 Å². The van der Waals surface area contributed by atoms with Crippen LogP contribution in [0.15, 0.2) is 32.9 Å². The minimum Gasteiger partial charge on any atom is -0.297 e. The maximum Gasteiger partial charge on any atom is 0.332 e. The van der Waals surface area contributed by atoms with Crippen LogP contribution in [0.1, 0.15) is 12.5 Å². The SMILES string of the molecule is CC1=NN(Cc2c(F)cccc2Cl)c2nc3c(c(=O)n(C)c(=O)n3C)n2C1. The number of nitrogens with zero attached hydrogens (tertiary/aromatic N) is 6. The van der Waals surface area contributed by atoms with Gasteiger partial charge in [-0.3, -0.25) is 18.5 Å². The fourth-order valence-corrected chi connectivity index (χ4v) is 3.46. The lowest BCUT2D eigenvalue weighted by molar-refractivity contribution is 0.600. The third-order valence-electron chi connectivity index (χ3n) is 4.61. The Morgan fingerprint density at radius 1 is 1.22 bits per heavy atom. The Kier molecular flexibility index (Phi) is 3.92. The van der Waals surface area contributed by atoms with E-state index in [4.69, 9.17) is 11.6 Å². The van der Waals surface area contributed by atoms with Crippen molar-refractivity contribution in [3.05, 3.63) is 55.4 Å². The van der Waals surface area contributed by atoms with E-state index in [2.05, 4.69) is 10.1 Å². The summed E-state index contributed by atoms with van der Waals surface area (Å²) >= 11 is 6.14. The molecule has 0 spiro atoms. The van der Waals surface area contributed by atoms with Crippen molar-refractivity contribution >= 4 is 34.4 Å². The fourth-order valence-electron chi connectivity index (χ4n) is 3.23. The Morgan fingerprint density at radius 2 is 1.96 bits per heavy atom. The van der Waals surface area contributed by atoms with Crippen LogP contribution >= 0.6 is 11.6 Å². The molecule has 8 nitrogen and oxygen atoms in total. The number of hydrazone groups is 1. The number of hydrogen-bond acceptors (Lipinski definition) is 5. The van der Waals surface area contributed by atoms with Crippen LogP contribution in [0.5, 0.6) is 0 Å². The second-order valence-corrected chi connectivity index (χ2v) is 6.88. The highest BCUT2D eigenvalue weighted by molar-refractivity contribution is 6.31. The van der Waals surface area contributed by atoms with E-state index in [1.54, 1.807) is 24.6 Å². The zero-order valence-electron chi connectivity index (χ0n) is 14.9. The van der Waals surface area contributed by atoms with Crippen LogP contribution in [0.2, 0.25) is 5.02 Å². The first kappa shape index (κ1) is 17.5. The molecule has 0 N–H and O–H groups in total. The van der Waals surface area contributed by atoms with Crippen molar-refractivity contribution in [1.82, 2.24) is 18.7 Å². The van der Waals surface area contributed by atoms with E-state index in [0.29, 0.717) is 23.7 Å². The van der Waals surface area contributed by atoms with Gasteiger partial charge in [0.25, 0.3) is 5.56 Å². The first-order valence-corrected chi connectivity index (χ1v) is 8.58. The average Bonchev–Trinajstić information content (AvgIpc) is 3.01. The Hall–Kier alpha value is -2.94. The molecule has 0 bridgehead atoms. The van der Waals surface area contributed by atoms with Crippen molar-refractivity contribution < 1.29 is 4.39 Å². The number of imidazole rings is 1. The molecular weight excluding hydrogens is 375 g/mol. The van der Waals surface area contributed by atoms with Gasteiger partial charge in [-0.25, -0.2) is 14.2 Å². The predicted molar refractivity (Wildman–Crippen MR) is 101 cm³/mol. The van der Waals surface area contributed by atoms with Gasteiger partial charge < -0.3 is 0 Å². The zero-order chi connectivity index (χ0) is 19.5. The number of rotatable bonds is 2. The van der Waals surface area contributed by atoms with Crippen molar-refractivity contribution in [2.24, 2.45) is 19.2 Å². The maximum absolute atomic E-state index is 14.2. The number of fused-ring (bicyclic) bond motifs is 3. The molecule has 0 unspecified atom stereocenters. The first-order valence-electron chi connectivity index (χ1n) is 8.20. The van der Waals surface area contributed by atoms with E-state index in [1.165, 1.54) is 28.8 Å². The molecule has 2 aromatic heterocycles. The van der Waals surface area contributed by atoms with Gasteiger partial charge in [0, 0.05) is 24.7 Å². The van der Waals surface area contributed by atoms with Gasteiger partial charge in [0.2, 0.25) is 5.95 Å². The van der Waals surface area contributed by atoms with Gasteiger partial charge in [-0.05, 0) is 19.1 Å². The third-order valence-corrected chi connectivity index (χ3v) is 4.96. The van der Waals surface area contributed by atoms with Gasteiger partial charge in [-0.2, -0.15) is 10.1 Å². The smallest absolute Gasteiger partial charge is 0.297 e. The molecule has 0 saturated heterocycles. The molecule has 0 aliphatic carbocycles. The number of benzene rings is 1. The van der Waals surface area contributed by atoms with Crippen molar-refractivity contribution in [2.75, 3.05) is 5.01 Å². The van der Waals surface area contributed by atoms with Crippen LogP contribution in [-0.4, -0.2) is 24.4 Å². The Morgan fingerprint density at radius 3 is 2.67 bits per heavy atom. The number of aromatic nitrogens is 4. The van der Waals surface area contributed by atoms with Crippen molar-refractivity contribution in [3.63, 3.8) is 0 Å². The molecule has 0 fully saturated rings. The summed E-state index contributed by atoms with van der Waals surface area (Å²) in [5.74, 6) is -0.0971. The quantitative estimate of drug-likeness (QED) is 0.666. The Labute approximate surface area is 157 Å². The largest absolute Gasteiger partial charge is 0.332 e. The van der Waals surface area contributed by atoms with E-state index < -0.39 is 17.1 Å². The van der Waals surface area contributed by atoms with E-state index in [0.717, 1.165) is 4.57 Å². The summed E-state index contributed by atoms with van der Waals surface area (Å²) in [6.45, 7) is 2.19. The van der Waals surface area contributed by atoms with Crippen molar-refractivity contribution in [2.45, 2.75) is 20.0 Å². The number of hydrogen-bond donors (Lipinski definition) is 0. The van der Waals surface area contributed by atoms with Crippen LogP contribution < -0.4 is 16.3 Å². The van der Waals surface area contributed by atoms with E-state index in [-0.39, 0.29) is 22.8 Å². The van der Waals surface area contributed by atoms with Gasteiger partial charge in [0.1, 0.15) is 5.82 Å². The van der Waals surface area contributed by atoms with Gasteiger partial charge >= 0.3 is 5.69 Å². The molecule has 1 aromatic carbocycles. The maximum atomic E-state index is 14.2. The predicted octanol–water partition coefficient (Wildman–Crippen LogP) is 1.62. The number of halogens is 2. The molecular formula is C17H16ClFN6O2. The molecule has 3 aromatic rings. The zero-order valence-corrected chi connectivity index (χ0v) is 15.7. The summed E-state index contributed by atoms with van der Waals surface area (Å²) in [5.41, 5.74) is 0.638. The lowest BCUT2D eigenvalue weighted by atomic mass is 10.2. The lowest BCUT2D eigenvalue weighted by Gasteiger charge is -2.25. The molecule has 10 heteroatoms. The Bertz CT molecular complexity index is 1220. The molecule has 0 atom stereocenters. The molecule has 0 amide bonds. The van der Waals surface area contributed by atoms with E-state index in [1.807, 2.05) is 0 Å². The van der Waals surface area contributed by atoms with Crippen LogP contribution in [-0.2, 0) is 27.2 Å². The average molecular weight is 391 g/mol. The number of aryl methyl sites for hydroxylation is 1. The first-order chi connectivity index (χ1) is 12.8. The van der Waals surface area contributed by atoms with Gasteiger partial charge in [-0.1, -0.05) is 17.7 Å². The number of anilines is 1. The molecule has 27 heavy (non-hydrogen) atoms. The highest BCUT2D eigenvalue weighted by Gasteiger charge is 2.27. The Balaban J connectivity index is 1.95. The standard InChI is InChI=1S/C17H16ClFN6O2/c1-9-7-24-13-14(22(2)17(27)23(3)15(13)26)20-16(24)25(21-9)8-10-11(18)5-4-6-12(10)19/h4-6H,7-8H2,1-3H3. The van der Waals surface area contributed by atoms with Crippen LogP contribution in [0.3, 0.4) is 0 Å². The lowest BCUT2D eigenvalue weighted by Crippen LogP contribution is -2.38. The van der Waals surface area contributed by atoms with E-state index >= 15 is 0 Å². The van der Waals surface area contributed by atoms with Crippen LogP contribution in [0.25, 0.3) is 11.2 Å². The summed E-state index contributed by atoms with van der Waals surface area (Å²) in [6.07, 6.45) is 0. The van der Waals surface area contributed by atoms with E-state index in [9.17, 15) is 14.0 Å². The van der Waals surface area contributed by atoms with Crippen LogP contribution in [0.4, 0.5) is 10.3 Å². The van der Waals surface area contributed by atoms with Gasteiger partial charge in [-0.15, -0.1) is 0 Å². The molecule has 140 valence electrons. The second-order valence-electron chi connectivity index (χ2n) is 6.47. The summed E-state index contributed by atoms with van der Waals surface area (Å²) in [7, 11) is 2.97. The summed E-state index contributed by atoms with van der Waals surface area (Å²) in [5, 5.41) is 6.22.